The summed E-state index contributed by atoms with van der Waals surface area (Å²) in [5.74, 6) is 1.26. The van der Waals surface area contributed by atoms with Gasteiger partial charge < -0.3 is 9.47 Å². The number of carbonyl (C=O) groups is 1. The molecular formula is C15H12Br2O3. The zero-order chi connectivity index (χ0) is 14.5. The predicted molar refractivity (Wildman–Crippen MR) is 84.7 cm³/mol. The van der Waals surface area contributed by atoms with E-state index in [2.05, 4.69) is 31.9 Å². The van der Waals surface area contributed by atoms with Gasteiger partial charge in [0.2, 0.25) is 0 Å². The van der Waals surface area contributed by atoms with E-state index in [1.807, 2.05) is 12.1 Å². The summed E-state index contributed by atoms with van der Waals surface area (Å²) in [6.07, 6.45) is 0. The smallest absolute Gasteiger partial charge is 0.200 e. The molecule has 2 aromatic rings. The molecule has 0 N–H and O–H groups in total. The van der Waals surface area contributed by atoms with Crippen molar-refractivity contribution in [3.05, 3.63) is 57.0 Å². The lowest BCUT2D eigenvalue weighted by Crippen LogP contribution is -2.11. The van der Waals surface area contributed by atoms with Crippen LogP contribution in [0, 0.1) is 0 Å². The van der Waals surface area contributed by atoms with E-state index in [-0.39, 0.29) is 12.4 Å². The molecule has 20 heavy (non-hydrogen) atoms. The Morgan fingerprint density at radius 1 is 1.15 bits per heavy atom. The van der Waals surface area contributed by atoms with Gasteiger partial charge in [-0.2, -0.15) is 0 Å². The highest BCUT2D eigenvalue weighted by Crippen LogP contribution is 2.29. The van der Waals surface area contributed by atoms with E-state index in [0.29, 0.717) is 11.3 Å². The summed E-state index contributed by atoms with van der Waals surface area (Å²) in [7, 11) is 1.60. The van der Waals surface area contributed by atoms with Gasteiger partial charge in [-0.25, -0.2) is 0 Å². The van der Waals surface area contributed by atoms with Crippen molar-refractivity contribution < 1.29 is 14.3 Å². The maximum absolute atomic E-state index is 12.0. The van der Waals surface area contributed by atoms with Crippen molar-refractivity contribution in [2.24, 2.45) is 0 Å². The van der Waals surface area contributed by atoms with Crippen molar-refractivity contribution in [2.75, 3.05) is 13.7 Å². The average molecular weight is 400 g/mol. The Labute approximate surface area is 134 Å². The molecule has 0 aliphatic rings. The van der Waals surface area contributed by atoms with Crippen molar-refractivity contribution >= 4 is 37.6 Å². The summed E-state index contributed by atoms with van der Waals surface area (Å²) in [6, 6.07) is 12.6. The number of benzene rings is 2. The third-order valence-electron chi connectivity index (χ3n) is 2.64. The molecule has 0 aliphatic carbocycles. The minimum atomic E-state index is -0.0750. The van der Waals surface area contributed by atoms with Gasteiger partial charge in [0.25, 0.3) is 0 Å². The lowest BCUT2D eigenvalue weighted by molar-refractivity contribution is 0.0921. The zero-order valence-electron chi connectivity index (χ0n) is 10.7. The molecule has 0 unspecified atom stereocenters. The van der Waals surface area contributed by atoms with Crippen LogP contribution in [0.1, 0.15) is 10.4 Å². The van der Waals surface area contributed by atoms with E-state index >= 15 is 0 Å². The second-order valence-electron chi connectivity index (χ2n) is 4.02. The van der Waals surface area contributed by atoms with Crippen LogP contribution in [0.25, 0.3) is 0 Å². The largest absolute Gasteiger partial charge is 0.497 e. The Morgan fingerprint density at radius 3 is 2.60 bits per heavy atom. The van der Waals surface area contributed by atoms with Crippen LogP contribution in [0.4, 0.5) is 0 Å². The maximum atomic E-state index is 12.0. The molecule has 0 saturated heterocycles. The fraction of sp³-hybridized carbons (Fsp3) is 0.133. The van der Waals surface area contributed by atoms with Crippen molar-refractivity contribution in [1.29, 1.82) is 0 Å². The number of hydrogen-bond donors (Lipinski definition) is 0. The summed E-state index contributed by atoms with van der Waals surface area (Å²) in [5, 5.41) is 0. The highest BCUT2D eigenvalue weighted by molar-refractivity contribution is 9.10. The van der Waals surface area contributed by atoms with Gasteiger partial charge in [-0.05, 0) is 46.3 Å². The molecule has 0 radical (unpaired) electrons. The summed E-state index contributed by atoms with van der Waals surface area (Å²) in [5.41, 5.74) is 0.615. The van der Waals surface area contributed by atoms with Crippen LogP contribution in [0.5, 0.6) is 11.5 Å². The Hall–Kier alpha value is -1.33. The summed E-state index contributed by atoms with van der Waals surface area (Å²) < 4.78 is 12.2. The van der Waals surface area contributed by atoms with Gasteiger partial charge >= 0.3 is 0 Å². The van der Waals surface area contributed by atoms with Crippen molar-refractivity contribution in [1.82, 2.24) is 0 Å². The Bertz CT molecular complexity index is 626. The van der Waals surface area contributed by atoms with Gasteiger partial charge in [-0.1, -0.05) is 28.1 Å². The summed E-state index contributed by atoms with van der Waals surface area (Å²) in [4.78, 5) is 12.0. The van der Waals surface area contributed by atoms with Crippen LogP contribution in [0.15, 0.2) is 51.4 Å². The quantitative estimate of drug-likeness (QED) is 0.695. The normalized spacial score (nSPS) is 10.2. The number of Topliss-reactive ketones (excluding diaryl/α,β-unsaturated/α-hetero) is 1. The highest BCUT2D eigenvalue weighted by Gasteiger charge is 2.09. The lowest BCUT2D eigenvalue weighted by atomic mass is 10.1. The van der Waals surface area contributed by atoms with Crippen molar-refractivity contribution in [3.63, 3.8) is 0 Å². The third-order valence-corrected chi connectivity index (χ3v) is 3.76. The van der Waals surface area contributed by atoms with E-state index < -0.39 is 0 Å². The molecule has 2 rings (SSSR count). The molecule has 0 saturated carbocycles. The first-order valence-corrected chi connectivity index (χ1v) is 7.44. The zero-order valence-corrected chi connectivity index (χ0v) is 13.9. The molecular weight excluding hydrogens is 388 g/mol. The standard InChI is InChI=1S/C15H12Br2O3/c1-19-12-5-6-15(13(17)8-12)20-9-14(18)10-3-2-4-11(16)7-10/h2-8H,9H2,1H3. The first-order valence-electron chi connectivity index (χ1n) is 5.85. The van der Waals surface area contributed by atoms with Gasteiger partial charge in [0.1, 0.15) is 11.5 Å². The molecule has 0 amide bonds. The number of ketones is 1. The fourth-order valence-electron chi connectivity index (χ4n) is 1.61. The highest BCUT2D eigenvalue weighted by atomic mass is 79.9. The first kappa shape index (κ1) is 15.1. The minimum Gasteiger partial charge on any atom is -0.497 e. The molecule has 3 nitrogen and oxygen atoms in total. The predicted octanol–water partition coefficient (Wildman–Crippen LogP) is 4.48. The number of carbonyl (C=O) groups excluding carboxylic acids is 1. The van der Waals surface area contributed by atoms with Gasteiger partial charge in [-0.3, -0.25) is 4.79 Å². The van der Waals surface area contributed by atoms with Gasteiger partial charge in [0.05, 0.1) is 11.6 Å². The van der Waals surface area contributed by atoms with E-state index in [1.54, 1.807) is 37.4 Å². The second kappa shape index (κ2) is 6.90. The summed E-state index contributed by atoms with van der Waals surface area (Å²) in [6.45, 7) is -0.0125. The van der Waals surface area contributed by atoms with Gasteiger partial charge in [0, 0.05) is 10.0 Å². The molecule has 5 heteroatoms. The Kier molecular flexibility index (Phi) is 5.20. The van der Waals surface area contributed by atoms with Crippen molar-refractivity contribution in [2.45, 2.75) is 0 Å². The minimum absolute atomic E-state index is 0.0125. The van der Waals surface area contributed by atoms with Crippen LogP contribution in [-0.4, -0.2) is 19.5 Å². The molecule has 0 aromatic heterocycles. The number of hydrogen-bond acceptors (Lipinski definition) is 3. The SMILES string of the molecule is COc1ccc(OCC(=O)c2cccc(Br)c2)c(Br)c1. The van der Waals surface area contributed by atoms with Crippen LogP contribution < -0.4 is 9.47 Å². The summed E-state index contributed by atoms with van der Waals surface area (Å²) >= 11 is 6.72. The number of rotatable bonds is 5. The molecule has 104 valence electrons. The first-order chi connectivity index (χ1) is 9.60. The van der Waals surface area contributed by atoms with Crippen LogP contribution in [0.3, 0.4) is 0 Å². The molecule has 0 bridgehead atoms. The molecule has 0 heterocycles. The lowest BCUT2D eigenvalue weighted by Gasteiger charge is -2.09. The van der Waals surface area contributed by atoms with Crippen molar-refractivity contribution in [3.8, 4) is 11.5 Å². The van der Waals surface area contributed by atoms with Gasteiger partial charge in [0.15, 0.2) is 12.4 Å². The molecule has 0 fully saturated rings. The third kappa shape index (κ3) is 3.84. The van der Waals surface area contributed by atoms with Gasteiger partial charge in [-0.15, -0.1) is 0 Å². The Morgan fingerprint density at radius 2 is 1.95 bits per heavy atom. The molecule has 0 atom stereocenters. The monoisotopic (exact) mass is 398 g/mol. The van der Waals surface area contributed by atoms with E-state index in [1.165, 1.54) is 0 Å². The topological polar surface area (TPSA) is 35.5 Å². The van der Waals surface area contributed by atoms with Crippen LogP contribution in [-0.2, 0) is 0 Å². The number of halogens is 2. The van der Waals surface area contributed by atoms with E-state index in [4.69, 9.17) is 9.47 Å². The molecule has 2 aromatic carbocycles. The van der Waals surface area contributed by atoms with Crippen LogP contribution >= 0.6 is 31.9 Å². The molecule has 0 spiro atoms. The maximum Gasteiger partial charge on any atom is 0.200 e. The Balaban J connectivity index is 2.03. The van der Waals surface area contributed by atoms with Crippen LogP contribution in [0.2, 0.25) is 0 Å². The van der Waals surface area contributed by atoms with E-state index in [0.717, 1.165) is 14.7 Å². The number of ether oxygens (including phenoxy) is 2. The fourth-order valence-corrected chi connectivity index (χ4v) is 2.49. The number of methoxy groups -OCH3 is 1. The molecule has 0 aliphatic heterocycles. The van der Waals surface area contributed by atoms with E-state index in [9.17, 15) is 4.79 Å². The average Bonchev–Trinajstić information content (AvgIpc) is 2.45. The second-order valence-corrected chi connectivity index (χ2v) is 5.79.